The number of nitrogens with two attached hydrogens (primary N) is 1. The molecule has 0 spiro atoms. The minimum atomic E-state index is 0. The average Bonchev–Trinajstić information content (AvgIpc) is 2.93. The van der Waals surface area contributed by atoms with Crippen LogP contribution in [0, 0.1) is 6.92 Å². The van der Waals surface area contributed by atoms with Gasteiger partial charge in [0.15, 0.2) is 5.78 Å². The fourth-order valence-corrected chi connectivity index (χ4v) is 3.51. The van der Waals surface area contributed by atoms with Crippen LogP contribution >= 0.6 is 24.8 Å². The smallest absolute Gasteiger partial charge is 0.193 e. The summed E-state index contributed by atoms with van der Waals surface area (Å²) in [5.74, 6) is 0.0718. The maximum atomic E-state index is 13.1. The number of rotatable bonds is 2. The Labute approximate surface area is 159 Å². The summed E-state index contributed by atoms with van der Waals surface area (Å²) in [5, 5.41) is 1.93. The van der Waals surface area contributed by atoms with E-state index in [1.807, 2.05) is 37.3 Å². The third kappa shape index (κ3) is 3.28. The Bertz CT molecular complexity index is 935. The lowest BCUT2D eigenvalue weighted by atomic mass is 9.92. The molecule has 3 nitrogen and oxygen atoms in total. The largest absolute Gasteiger partial charge is 0.324 e. The van der Waals surface area contributed by atoms with Gasteiger partial charge in [-0.1, -0.05) is 24.3 Å². The summed E-state index contributed by atoms with van der Waals surface area (Å²) in [4.78, 5) is 17.2. The number of fused-ring (bicyclic) bond motifs is 2. The van der Waals surface area contributed by atoms with E-state index in [0.29, 0.717) is 0 Å². The van der Waals surface area contributed by atoms with E-state index < -0.39 is 0 Å². The number of ketones is 1. The Kier molecular flexibility index (Phi) is 5.83. The normalized spacial score (nSPS) is 15.2. The van der Waals surface area contributed by atoms with Gasteiger partial charge in [0, 0.05) is 34.9 Å². The monoisotopic (exact) mass is 374 g/mol. The highest BCUT2D eigenvalue weighted by atomic mass is 35.5. The van der Waals surface area contributed by atoms with Crippen LogP contribution < -0.4 is 5.73 Å². The number of hydrogen-bond acceptors (Lipinski definition) is 3. The van der Waals surface area contributed by atoms with Gasteiger partial charge in [0.25, 0.3) is 0 Å². The summed E-state index contributed by atoms with van der Waals surface area (Å²) >= 11 is 0. The molecule has 0 aliphatic heterocycles. The molecule has 0 saturated heterocycles. The van der Waals surface area contributed by atoms with E-state index in [1.165, 1.54) is 11.1 Å². The number of nitrogens with zero attached hydrogens (tertiary/aromatic N) is 1. The summed E-state index contributed by atoms with van der Waals surface area (Å²) in [6.07, 6.45) is 5.44. The minimum Gasteiger partial charge on any atom is -0.324 e. The van der Waals surface area contributed by atoms with Gasteiger partial charge < -0.3 is 5.73 Å². The standard InChI is InChI=1S/C20H18N2O.2ClH/c1-12-9-18-13(5-6-19(18)21)10-17(12)20(23)16-4-2-3-14-11-22-8-7-15(14)16;;/h2-4,7-11,19H,5-6,21H2,1H3;2*1H. The van der Waals surface area contributed by atoms with Gasteiger partial charge in [-0.3, -0.25) is 9.78 Å². The van der Waals surface area contributed by atoms with Crippen molar-refractivity contribution in [3.8, 4) is 0 Å². The summed E-state index contributed by atoms with van der Waals surface area (Å²) in [6.45, 7) is 1.99. The molecule has 3 aromatic rings. The number of aryl methyl sites for hydroxylation is 2. The molecular formula is C20H20Cl2N2O. The zero-order valence-corrected chi connectivity index (χ0v) is 15.5. The number of pyridine rings is 1. The molecule has 1 aliphatic rings. The van der Waals surface area contributed by atoms with Gasteiger partial charge in [0.05, 0.1) is 0 Å². The predicted octanol–water partition coefficient (Wildman–Crippen LogP) is 4.56. The van der Waals surface area contributed by atoms with Gasteiger partial charge in [-0.25, -0.2) is 0 Å². The zero-order chi connectivity index (χ0) is 16.0. The Morgan fingerprint density at radius 3 is 2.76 bits per heavy atom. The van der Waals surface area contributed by atoms with Gasteiger partial charge in [0.1, 0.15) is 0 Å². The topological polar surface area (TPSA) is 56.0 Å². The van der Waals surface area contributed by atoms with Crippen LogP contribution in [0.1, 0.15) is 45.1 Å². The Balaban J connectivity index is 0.00000113. The molecule has 1 atom stereocenters. The lowest BCUT2D eigenvalue weighted by molar-refractivity contribution is 0.103. The zero-order valence-electron chi connectivity index (χ0n) is 13.9. The second kappa shape index (κ2) is 7.52. The highest BCUT2D eigenvalue weighted by Crippen LogP contribution is 2.32. The van der Waals surface area contributed by atoms with Crippen LogP contribution in [0.4, 0.5) is 0 Å². The molecule has 1 aromatic heterocycles. The number of halogens is 2. The van der Waals surface area contributed by atoms with Gasteiger partial charge in [-0.05, 0) is 54.0 Å². The Morgan fingerprint density at radius 1 is 1.16 bits per heavy atom. The molecule has 25 heavy (non-hydrogen) atoms. The highest BCUT2D eigenvalue weighted by molar-refractivity contribution is 6.17. The summed E-state index contributed by atoms with van der Waals surface area (Å²) in [6, 6.07) is 11.9. The van der Waals surface area contributed by atoms with E-state index in [0.717, 1.165) is 40.3 Å². The summed E-state index contributed by atoms with van der Waals surface area (Å²) < 4.78 is 0. The van der Waals surface area contributed by atoms with Crippen LogP contribution in [0.15, 0.2) is 48.8 Å². The van der Waals surface area contributed by atoms with Crippen LogP contribution in [-0.2, 0) is 6.42 Å². The van der Waals surface area contributed by atoms with Crippen molar-refractivity contribution in [1.82, 2.24) is 4.98 Å². The van der Waals surface area contributed by atoms with Crippen LogP contribution in [-0.4, -0.2) is 10.8 Å². The molecule has 5 heteroatoms. The molecule has 1 aliphatic carbocycles. The van der Waals surface area contributed by atoms with Crippen LogP contribution in [0.25, 0.3) is 10.8 Å². The molecule has 2 aromatic carbocycles. The second-order valence-corrected chi connectivity index (χ2v) is 6.24. The molecule has 130 valence electrons. The number of carbonyl (C=O) groups excluding carboxylic acids is 1. The number of carbonyl (C=O) groups is 1. The van der Waals surface area contributed by atoms with E-state index in [9.17, 15) is 4.79 Å². The number of aromatic nitrogens is 1. The quantitative estimate of drug-likeness (QED) is 0.668. The lowest BCUT2D eigenvalue weighted by Gasteiger charge is -2.12. The molecular weight excluding hydrogens is 355 g/mol. The van der Waals surface area contributed by atoms with Crippen molar-refractivity contribution in [1.29, 1.82) is 0 Å². The minimum absolute atomic E-state index is 0. The van der Waals surface area contributed by atoms with E-state index >= 15 is 0 Å². The molecule has 1 unspecified atom stereocenters. The molecule has 0 fully saturated rings. The van der Waals surface area contributed by atoms with Crippen molar-refractivity contribution in [2.45, 2.75) is 25.8 Å². The first-order chi connectivity index (χ1) is 11.1. The van der Waals surface area contributed by atoms with E-state index in [4.69, 9.17) is 5.73 Å². The van der Waals surface area contributed by atoms with Crippen molar-refractivity contribution < 1.29 is 4.79 Å². The van der Waals surface area contributed by atoms with Gasteiger partial charge in [0.2, 0.25) is 0 Å². The fourth-order valence-electron chi connectivity index (χ4n) is 3.51. The third-order valence-corrected chi connectivity index (χ3v) is 4.78. The van der Waals surface area contributed by atoms with Crippen molar-refractivity contribution >= 4 is 41.4 Å². The SMILES string of the molecule is Cc1cc2c(cc1C(=O)c1cccc3cnccc13)CCC2N.Cl.Cl. The van der Waals surface area contributed by atoms with Gasteiger partial charge in [-0.15, -0.1) is 24.8 Å². The Hall–Kier alpha value is -1.94. The fraction of sp³-hybridized carbons (Fsp3) is 0.200. The molecule has 0 amide bonds. The molecule has 1 heterocycles. The first-order valence-electron chi connectivity index (χ1n) is 7.91. The molecule has 0 saturated carbocycles. The van der Waals surface area contributed by atoms with Crippen molar-refractivity contribution in [2.24, 2.45) is 5.73 Å². The first-order valence-corrected chi connectivity index (χ1v) is 7.91. The third-order valence-electron chi connectivity index (χ3n) is 4.78. The van der Waals surface area contributed by atoms with Crippen LogP contribution in [0.2, 0.25) is 0 Å². The lowest BCUT2D eigenvalue weighted by Crippen LogP contribution is -2.09. The molecule has 0 bridgehead atoms. The first kappa shape index (κ1) is 19.4. The molecule has 4 rings (SSSR count). The molecule has 0 radical (unpaired) electrons. The van der Waals surface area contributed by atoms with E-state index in [-0.39, 0.29) is 36.6 Å². The highest BCUT2D eigenvalue weighted by Gasteiger charge is 2.23. The number of hydrogen-bond donors (Lipinski definition) is 1. The van der Waals surface area contributed by atoms with Crippen molar-refractivity contribution in [2.75, 3.05) is 0 Å². The Morgan fingerprint density at radius 2 is 1.96 bits per heavy atom. The summed E-state index contributed by atoms with van der Waals surface area (Å²) in [7, 11) is 0. The average molecular weight is 375 g/mol. The van der Waals surface area contributed by atoms with Crippen molar-refractivity contribution in [3.05, 3.63) is 76.6 Å². The second-order valence-electron chi connectivity index (χ2n) is 6.24. The summed E-state index contributed by atoms with van der Waals surface area (Å²) in [5.41, 5.74) is 11.1. The van der Waals surface area contributed by atoms with Crippen LogP contribution in [0.5, 0.6) is 0 Å². The van der Waals surface area contributed by atoms with Crippen LogP contribution in [0.3, 0.4) is 0 Å². The van der Waals surface area contributed by atoms with Crippen molar-refractivity contribution in [3.63, 3.8) is 0 Å². The van der Waals surface area contributed by atoms with Gasteiger partial charge in [-0.2, -0.15) is 0 Å². The van der Waals surface area contributed by atoms with E-state index in [2.05, 4.69) is 11.1 Å². The maximum absolute atomic E-state index is 13.1. The maximum Gasteiger partial charge on any atom is 0.193 e. The van der Waals surface area contributed by atoms with Gasteiger partial charge >= 0.3 is 0 Å². The predicted molar refractivity (Wildman–Crippen MR) is 106 cm³/mol. The number of benzene rings is 2. The molecule has 2 N–H and O–H groups in total. The van der Waals surface area contributed by atoms with E-state index in [1.54, 1.807) is 12.4 Å².